The van der Waals surface area contributed by atoms with Gasteiger partial charge in [-0.1, -0.05) is 115 Å². The molecule has 4 aromatic rings. The number of rotatable bonds is 12. The minimum Gasteiger partial charge on any atom is -0.352 e. The predicted molar refractivity (Wildman–Crippen MR) is 188 cm³/mol. The molecule has 1 aliphatic carbocycles. The lowest BCUT2D eigenvalue weighted by atomic mass is 9.94. The molecule has 1 unspecified atom stereocenters. The summed E-state index contributed by atoms with van der Waals surface area (Å²) in [7, 11) is -4.14. The number of hydrogen-bond donors (Lipinski definition) is 1. The summed E-state index contributed by atoms with van der Waals surface area (Å²) >= 11 is 0. The molecule has 0 aliphatic heterocycles. The van der Waals surface area contributed by atoms with Crippen molar-refractivity contribution in [2.75, 3.05) is 10.8 Å². The maximum atomic E-state index is 14.7. The molecule has 0 heterocycles. The first-order valence-corrected chi connectivity index (χ1v) is 17.9. The number of anilines is 1. The number of carbonyl (C=O) groups excluding carboxylic acids is 2. The van der Waals surface area contributed by atoms with Crippen LogP contribution in [0, 0.1) is 20.8 Å². The molecule has 0 radical (unpaired) electrons. The average molecular weight is 652 g/mol. The van der Waals surface area contributed by atoms with Gasteiger partial charge in [-0.15, -0.1) is 0 Å². The van der Waals surface area contributed by atoms with Gasteiger partial charge in [0.1, 0.15) is 12.6 Å². The maximum Gasteiger partial charge on any atom is 0.264 e. The van der Waals surface area contributed by atoms with Gasteiger partial charge in [-0.3, -0.25) is 13.9 Å². The highest BCUT2D eigenvalue weighted by molar-refractivity contribution is 7.92. The fourth-order valence-electron chi connectivity index (χ4n) is 6.18. The van der Waals surface area contributed by atoms with E-state index in [4.69, 9.17) is 0 Å². The van der Waals surface area contributed by atoms with Crippen molar-refractivity contribution in [1.82, 2.24) is 10.2 Å². The minimum atomic E-state index is -4.14. The highest BCUT2D eigenvalue weighted by Crippen LogP contribution is 2.28. The number of para-hydroxylation sites is 1. The summed E-state index contributed by atoms with van der Waals surface area (Å²) in [5.74, 6) is -0.672. The SMILES string of the molecule is Cc1ccc(CN(C(=O)CN(c2ccccc2C)S(=O)(=O)c2ccc(C)cc2)C(Cc2ccccc2)C(=O)NC2CCCCC2)cc1. The fraction of sp³-hybridized carbons (Fsp3) is 0.333. The molecule has 1 N–H and O–H groups in total. The van der Waals surface area contributed by atoms with Crippen LogP contribution in [0.5, 0.6) is 0 Å². The van der Waals surface area contributed by atoms with Crippen molar-refractivity contribution in [3.05, 3.63) is 131 Å². The zero-order chi connectivity index (χ0) is 33.4. The fourth-order valence-corrected chi connectivity index (χ4v) is 7.66. The van der Waals surface area contributed by atoms with E-state index in [0.29, 0.717) is 12.1 Å². The molecule has 8 heteroatoms. The summed E-state index contributed by atoms with van der Waals surface area (Å²) in [4.78, 5) is 30.6. The van der Waals surface area contributed by atoms with Gasteiger partial charge in [0.15, 0.2) is 0 Å². The van der Waals surface area contributed by atoms with Gasteiger partial charge in [0.2, 0.25) is 11.8 Å². The predicted octanol–water partition coefficient (Wildman–Crippen LogP) is 6.90. The number of carbonyl (C=O) groups is 2. The first-order chi connectivity index (χ1) is 22.6. The highest BCUT2D eigenvalue weighted by atomic mass is 32.2. The molecule has 7 nitrogen and oxygen atoms in total. The number of benzene rings is 4. The van der Waals surface area contributed by atoms with Gasteiger partial charge in [0, 0.05) is 19.0 Å². The Morgan fingerprint density at radius 3 is 1.98 bits per heavy atom. The van der Waals surface area contributed by atoms with Gasteiger partial charge >= 0.3 is 0 Å². The molecule has 47 heavy (non-hydrogen) atoms. The molecular formula is C39H45N3O4S. The first kappa shape index (κ1) is 33.9. The standard InChI is InChI=1S/C39H45N3O4S/c1-29-18-22-33(23-19-29)27-41(37(26-32-13-6-4-7-14-32)39(44)40-34-15-8-5-9-16-34)38(43)28-42(36-17-11-10-12-31(36)3)47(45,46)35-24-20-30(2)21-25-35/h4,6-7,10-14,17-25,34,37H,5,8-9,15-16,26-28H2,1-3H3,(H,40,44). The van der Waals surface area contributed by atoms with Crippen molar-refractivity contribution < 1.29 is 18.0 Å². The van der Waals surface area contributed by atoms with E-state index in [-0.39, 0.29) is 23.4 Å². The van der Waals surface area contributed by atoms with Crippen molar-refractivity contribution in [1.29, 1.82) is 0 Å². The second-order valence-electron chi connectivity index (χ2n) is 12.7. The van der Waals surface area contributed by atoms with Crippen molar-refractivity contribution in [2.24, 2.45) is 0 Å². The van der Waals surface area contributed by atoms with Crippen LogP contribution in [0.4, 0.5) is 5.69 Å². The quantitative estimate of drug-likeness (QED) is 0.181. The van der Waals surface area contributed by atoms with Crippen molar-refractivity contribution in [3.63, 3.8) is 0 Å². The highest BCUT2D eigenvalue weighted by Gasteiger charge is 2.35. The third-order valence-corrected chi connectivity index (χ3v) is 10.7. The summed E-state index contributed by atoms with van der Waals surface area (Å²) < 4.78 is 29.8. The van der Waals surface area contributed by atoms with Gasteiger partial charge in [-0.05, 0) is 68.5 Å². The second-order valence-corrected chi connectivity index (χ2v) is 14.5. The first-order valence-electron chi connectivity index (χ1n) is 16.5. The Kier molecular flexibility index (Phi) is 11.1. The normalized spacial score (nSPS) is 14.3. The molecule has 246 valence electrons. The van der Waals surface area contributed by atoms with E-state index in [0.717, 1.165) is 59.9 Å². The van der Waals surface area contributed by atoms with Crippen LogP contribution in [0.25, 0.3) is 0 Å². The summed E-state index contributed by atoms with van der Waals surface area (Å²) in [6, 6.07) is 30.5. The zero-order valence-corrected chi connectivity index (χ0v) is 28.4. The summed E-state index contributed by atoms with van der Waals surface area (Å²) in [5, 5.41) is 3.26. The Bertz CT molecular complexity index is 1750. The molecule has 5 rings (SSSR count). The topological polar surface area (TPSA) is 86.8 Å². The molecule has 0 bridgehead atoms. The van der Waals surface area contributed by atoms with E-state index >= 15 is 0 Å². The lowest BCUT2D eigenvalue weighted by Gasteiger charge is -2.35. The van der Waals surface area contributed by atoms with Gasteiger partial charge in [-0.25, -0.2) is 8.42 Å². The molecular weight excluding hydrogens is 607 g/mol. The Balaban J connectivity index is 1.56. The summed E-state index contributed by atoms with van der Waals surface area (Å²) in [6.45, 7) is 5.42. The van der Waals surface area contributed by atoms with Crippen molar-refractivity contribution >= 4 is 27.5 Å². The van der Waals surface area contributed by atoms with Crippen molar-refractivity contribution in [2.45, 2.75) is 82.8 Å². The summed E-state index contributed by atoms with van der Waals surface area (Å²) in [5.41, 5.74) is 4.93. The van der Waals surface area contributed by atoms with Crippen LogP contribution in [0.1, 0.15) is 59.9 Å². The van der Waals surface area contributed by atoms with Crippen LogP contribution in [0.2, 0.25) is 0 Å². The number of nitrogens with one attached hydrogen (secondary N) is 1. The van der Waals surface area contributed by atoms with Crippen LogP contribution in [-0.2, 0) is 32.6 Å². The second kappa shape index (κ2) is 15.4. The van der Waals surface area contributed by atoms with Crippen LogP contribution in [-0.4, -0.2) is 43.8 Å². The van der Waals surface area contributed by atoms with Gasteiger partial charge in [0.25, 0.3) is 10.0 Å². The minimum absolute atomic E-state index is 0.0521. The van der Waals surface area contributed by atoms with Gasteiger partial charge in [-0.2, -0.15) is 0 Å². The lowest BCUT2D eigenvalue weighted by molar-refractivity contribution is -0.140. The Morgan fingerprint density at radius 2 is 1.34 bits per heavy atom. The van der Waals surface area contributed by atoms with Gasteiger partial charge in [0.05, 0.1) is 10.6 Å². The molecule has 2 amide bonds. The van der Waals surface area contributed by atoms with E-state index in [1.54, 1.807) is 41.3 Å². The number of aryl methyl sites for hydroxylation is 3. The Labute approximate surface area is 279 Å². The van der Waals surface area contributed by atoms with Crippen LogP contribution < -0.4 is 9.62 Å². The molecule has 1 fully saturated rings. The van der Waals surface area contributed by atoms with E-state index in [1.165, 1.54) is 4.31 Å². The van der Waals surface area contributed by atoms with Gasteiger partial charge < -0.3 is 10.2 Å². The maximum absolute atomic E-state index is 14.7. The Hall–Kier alpha value is -4.43. The molecule has 0 saturated heterocycles. The molecule has 0 aromatic heterocycles. The average Bonchev–Trinajstić information content (AvgIpc) is 3.07. The monoisotopic (exact) mass is 651 g/mol. The summed E-state index contributed by atoms with van der Waals surface area (Å²) in [6.07, 6.45) is 5.39. The third-order valence-electron chi connectivity index (χ3n) is 8.97. The molecule has 1 atom stereocenters. The van der Waals surface area contributed by atoms with Crippen LogP contribution >= 0.6 is 0 Å². The molecule has 1 saturated carbocycles. The van der Waals surface area contributed by atoms with Crippen LogP contribution in [0.3, 0.4) is 0 Å². The number of nitrogens with zero attached hydrogens (tertiary/aromatic N) is 2. The smallest absolute Gasteiger partial charge is 0.264 e. The number of sulfonamides is 1. The van der Waals surface area contributed by atoms with E-state index < -0.39 is 28.5 Å². The lowest BCUT2D eigenvalue weighted by Crippen LogP contribution is -2.55. The molecule has 4 aromatic carbocycles. The molecule has 0 spiro atoms. The third kappa shape index (κ3) is 8.69. The van der Waals surface area contributed by atoms with E-state index in [1.807, 2.05) is 87.5 Å². The molecule has 1 aliphatic rings. The zero-order valence-electron chi connectivity index (χ0n) is 27.6. The van der Waals surface area contributed by atoms with Crippen molar-refractivity contribution in [3.8, 4) is 0 Å². The largest absolute Gasteiger partial charge is 0.352 e. The van der Waals surface area contributed by atoms with E-state index in [9.17, 15) is 18.0 Å². The Morgan fingerprint density at radius 1 is 0.745 bits per heavy atom. The number of amides is 2. The van der Waals surface area contributed by atoms with E-state index in [2.05, 4.69) is 5.32 Å². The van der Waals surface area contributed by atoms with Crippen LogP contribution in [0.15, 0.2) is 108 Å². The number of hydrogen-bond acceptors (Lipinski definition) is 4.